The molecule has 0 saturated carbocycles. The molecule has 0 atom stereocenters. The van der Waals surface area contributed by atoms with Crippen molar-refractivity contribution in [3.63, 3.8) is 0 Å². The third kappa shape index (κ3) is 4.93. The Morgan fingerprint density at radius 2 is 1.63 bits per heavy atom. The fraction of sp³-hybridized carbons (Fsp3) is 0.267. The Morgan fingerprint density at radius 3 is 2.21 bits per heavy atom. The fourth-order valence-electron chi connectivity index (χ4n) is 1.41. The minimum atomic E-state index is -0.815. The van der Waals surface area contributed by atoms with E-state index in [1.165, 1.54) is 0 Å². The molecule has 0 aliphatic heterocycles. The summed E-state index contributed by atoms with van der Waals surface area (Å²) in [6.07, 6.45) is 3.56. The van der Waals surface area contributed by atoms with Crippen molar-refractivity contribution in [3.8, 4) is 5.75 Å². The molecule has 19 heavy (non-hydrogen) atoms. The minimum absolute atomic E-state index is 0.282. The van der Waals surface area contributed by atoms with Gasteiger partial charge in [-0.25, -0.2) is 0 Å². The van der Waals surface area contributed by atoms with Crippen LogP contribution in [0.2, 0.25) is 0 Å². The third-order valence-corrected chi connectivity index (χ3v) is 3.32. The first-order chi connectivity index (χ1) is 9.03. The highest BCUT2D eigenvalue weighted by Crippen LogP contribution is 2.28. The molecule has 0 amide bonds. The summed E-state index contributed by atoms with van der Waals surface area (Å²) in [7, 11) is 0. The maximum Gasteiger partial charge on any atom is 0.119 e. The molecule has 0 spiro atoms. The summed E-state index contributed by atoms with van der Waals surface area (Å²) in [5.74, 6) is 0.765. The summed E-state index contributed by atoms with van der Waals surface area (Å²) >= 11 is 1.67. The average molecular weight is 275 g/mol. The van der Waals surface area contributed by atoms with Crippen molar-refractivity contribution in [2.45, 2.75) is 29.2 Å². The lowest BCUT2D eigenvalue weighted by Gasteiger charge is -2.17. The van der Waals surface area contributed by atoms with Crippen molar-refractivity contribution in [2.24, 2.45) is 0 Å². The Balaban J connectivity index is 1.95. The number of benzene rings is 1. The lowest BCUT2D eigenvalue weighted by atomic mass is 10.2. The highest BCUT2D eigenvalue weighted by atomic mass is 32.2. The monoisotopic (exact) mass is 275 g/mol. The Labute approximate surface area is 117 Å². The van der Waals surface area contributed by atoms with Crippen LogP contribution in [0.4, 0.5) is 0 Å². The van der Waals surface area contributed by atoms with Crippen LogP contribution in [-0.4, -0.2) is 22.3 Å². The second-order valence-electron chi connectivity index (χ2n) is 4.86. The van der Waals surface area contributed by atoms with Crippen LogP contribution in [0.3, 0.4) is 0 Å². The van der Waals surface area contributed by atoms with Crippen LogP contribution in [0, 0.1) is 0 Å². The van der Waals surface area contributed by atoms with Crippen LogP contribution in [-0.2, 0) is 0 Å². The topological polar surface area (TPSA) is 42.4 Å². The van der Waals surface area contributed by atoms with Gasteiger partial charge in [-0.2, -0.15) is 0 Å². The maximum atomic E-state index is 9.59. The highest BCUT2D eigenvalue weighted by Gasteiger charge is 2.13. The number of aromatic nitrogens is 1. The molecule has 2 aromatic rings. The first kappa shape index (κ1) is 13.9. The van der Waals surface area contributed by atoms with E-state index in [4.69, 9.17) is 4.74 Å². The number of aliphatic hydroxyl groups is 1. The molecule has 4 heteroatoms. The zero-order chi connectivity index (χ0) is 13.7. The molecule has 0 unspecified atom stereocenters. The van der Waals surface area contributed by atoms with Gasteiger partial charge in [0.1, 0.15) is 12.4 Å². The molecule has 1 aromatic carbocycles. The van der Waals surface area contributed by atoms with E-state index in [0.717, 1.165) is 15.5 Å². The maximum absolute atomic E-state index is 9.59. The summed E-state index contributed by atoms with van der Waals surface area (Å²) in [5, 5.41) is 9.59. The van der Waals surface area contributed by atoms with E-state index in [0.29, 0.717) is 0 Å². The molecule has 1 aromatic heterocycles. The summed E-state index contributed by atoms with van der Waals surface area (Å²) in [6.45, 7) is 3.73. The van der Waals surface area contributed by atoms with E-state index in [2.05, 4.69) is 4.98 Å². The highest BCUT2D eigenvalue weighted by molar-refractivity contribution is 7.99. The van der Waals surface area contributed by atoms with E-state index >= 15 is 0 Å². The van der Waals surface area contributed by atoms with E-state index in [1.54, 1.807) is 38.0 Å². The second kappa shape index (κ2) is 6.08. The lowest BCUT2D eigenvalue weighted by Crippen LogP contribution is -2.27. The van der Waals surface area contributed by atoms with Crippen molar-refractivity contribution >= 4 is 11.8 Å². The van der Waals surface area contributed by atoms with Gasteiger partial charge in [-0.3, -0.25) is 4.98 Å². The van der Waals surface area contributed by atoms with Crippen LogP contribution in [0.1, 0.15) is 13.8 Å². The first-order valence-corrected chi connectivity index (χ1v) is 6.88. The molecule has 1 N–H and O–H groups in total. The van der Waals surface area contributed by atoms with Crippen LogP contribution >= 0.6 is 11.8 Å². The van der Waals surface area contributed by atoms with Crippen molar-refractivity contribution in [2.75, 3.05) is 6.61 Å². The van der Waals surface area contributed by atoms with Crippen LogP contribution in [0.15, 0.2) is 58.6 Å². The number of pyridine rings is 1. The van der Waals surface area contributed by atoms with Gasteiger partial charge < -0.3 is 9.84 Å². The smallest absolute Gasteiger partial charge is 0.119 e. The van der Waals surface area contributed by atoms with Gasteiger partial charge in [0.2, 0.25) is 0 Å². The fourth-order valence-corrected chi connectivity index (χ4v) is 2.21. The van der Waals surface area contributed by atoms with Gasteiger partial charge in [-0.05, 0) is 50.2 Å². The predicted molar refractivity (Wildman–Crippen MR) is 76.6 cm³/mol. The number of rotatable bonds is 5. The molecule has 0 radical (unpaired) electrons. The minimum Gasteiger partial charge on any atom is -0.491 e. The Hall–Kier alpha value is -1.52. The first-order valence-electron chi connectivity index (χ1n) is 6.06. The standard InChI is InChI=1S/C15H17NO2S/c1-15(2,17)11-18-12-3-5-13(6-4-12)19-14-7-9-16-10-8-14/h3-10,17H,11H2,1-2H3. The quantitative estimate of drug-likeness (QED) is 0.908. The molecule has 0 aliphatic rings. The van der Waals surface area contributed by atoms with Crippen LogP contribution < -0.4 is 4.74 Å². The number of hydrogen-bond acceptors (Lipinski definition) is 4. The van der Waals surface area contributed by atoms with Crippen LogP contribution in [0.5, 0.6) is 5.75 Å². The molecule has 3 nitrogen and oxygen atoms in total. The SMILES string of the molecule is CC(C)(O)COc1ccc(Sc2ccncc2)cc1. The molecule has 100 valence electrons. The lowest BCUT2D eigenvalue weighted by molar-refractivity contribution is 0.0285. The number of nitrogens with zero attached hydrogens (tertiary/aromatic N) is 1. The molecular weight excluding hydrogens is 258 g/mol. The van der Waals surface area contributed by atoms with E-state index < -0.39 is 5.60 Å². The molecule has 0 fully saturated rings. The zero-order valence-electron chi connectivity index (χ0n) is 11.0. The third-order valence-electron chi connectivity index (χ3n) is 2.30. The molecule has 1 heterocycles. The summed E-state index contributed by atoms with van der Waals surface area (Å²) in [5.41, 5.74) is -0.815. The van der Waals surface area contributed by atoms with Gasteiger partial charge in [0.25, 0.3) is 0 Å². The summed E-state index contributed by atoms with van der Waals surface area (Å²) < 4.78 is 5.51. The van der Waals surface area contributed by atoms with Gasteiger partial charge >= 0.3 is 0 Å². The van der Waals surface area contributed by atoms with Crippen molar-refractivity contribution in [1.82, 2.24) is 4.98 Å². The van der Waals surface area contributed by atoms with E-state index in [-0.39, 0.29) is 6.61 Å². The van der Waals surface area contributed by atoms with Gasteiger partial charge in [0.15, 0.2) is 0 Å². The predicted octanol–water partition coefficient (Wildman–Crippen LogP) is 3.38. The van der Waals surface area contributed by atoms with E-state index in [9.17, 15) is 5.11 Å². The Bertz CT molecular complexity index is 506. The second-order valence-corrected chi connectivity index (χ2v) is 6.00. The molecule has 2 rings (SSSR count). The largest absolute Gasteiger partial charge is 0.491 e. The summed E-state index contributed by atoms with van der Waals surface area (Å²) in [6, 6.07) is 11.8. The van der Waals surface area contributed by atoms with Crippen molar-refractivity contribution < 1.29 is 9.84 Å². The molecule has 0 aliphatic carbocycles. The molecule has 0 saturated heterocycles. The van der Waals surface area contributed by atoms with Crippen LogP contribution in [0.25, 0.3) is 0 Å². The van der Waals surface area contributed by atoms with Gasteiger partial charge in [0, 0.05) is 22.2 Å². The molecular formula is C15H17NO2S. The average Bonchev–Trinajstić information content (AvgIpc) is 2.38. The van der Waals surface area contributed by atoms with Gasteiger partial charge in [-0.15, -0.1) is 0 Å². The Morgan fingerprint density at radius 1 is 1.05 bits per heavy atom. The van der Waals surface area contributed by atoms with Crippen molar-refractivity contribution in [3.05, 3.63) is 48.8 Å². The van der Waals surface area contributed by atoms with E-state index in [1.807, 2.05) is 36.4 Å². The normalized spacial score (nSPS) is 11.3. The zero-order valence-corrected chi connectivity index (χ0v) is 11.9. The van der Waals surface area contributed by atoms with Crippen molar-refractivity contribution in [1.29, 1.82) is 0 Å². The number of hydrogen-bond donors (Lipinski definition) is 1. The summed E-state index contributed by atoms with van der Waals surface area (Å²) in [4.78, 5) is 6.28. The Kier molecular flexibility index (Phi) is 4.45. The van der Waals surface area contributed by atoms with Gasteiger partial charge in [-0.1, -0.05) is 11.8 Å². The number of ether oxygens (including phenoxy) is 1. The van der Waals surface area contributed by atoms with Gasteiger partial charge in [0.05, 0.1) is 5.60 Å². The molecule has 0 bridgehead atoms.